The highest BCUT2D eigenvalue weighted by Gasteiger charge is 2.15. The van der Waals surface area contributed by atoms with Crippen molar-refractivity contribution in [3.8, 4) is 22.0 Å². The minimum Gasteiger partial charge on any atom is -0.296 e. The van der Waals surface area contributed by atoms with Crippen molar-refractivity contribution >= 4 is 22.4 Å². The molecule has 0 fully saturated rings. The van der Waals surface area contributed by atoms with Crippen molar-refractivity contribution in [2.24, 2.45) is 0 Å². The van der Waals surface area contributed by atoms with Gasteiger partial charge in [0.25, 0.3) is 5.91 Å². The molecular weight excluding hydrogens is 358 g/mol. The molecule has 0 aliphatic heterocycles. The third-order valence-corrected chi connectivity index (χ3v) is 4.79. The summed E-state index contributed by atoms with van der Waals surface area (Å²) in [5, 5.41) is 12.0. The average molecular weight is 373 g/mol. The fraction of sp³-hybridized carbons (Fsp3) is 0.0500. The number of hydrogen-bond acceptors (Lipinski definition) is 6. The van der Waals surface area contributed by atoms with Crippen LogP contribution < -0.4 is 5.32 Å². The maximum atomic E-state index is 12.6. The predicted octanol–water partition coefficient (Wildman–Crippen LogP) is 4.22. The Kier molecular flexibility index (Phi) is 4.67. The zero-order chi connectivity index (χ0) is 18.6. The van der Waals surface area contributed by atoms with Gasteiger partial charge in [-0.05, 0) is 31.2 Å². The van der Waals surface area contributed by atoms with Gasteiger partial charge in [-0.2, -0.15) is 0 Å². The van der Waals surface area contributed by atoms with Crippen molar-refractivity contribution in [1.29, 1.82) is 0 Å². The number of rotatable bonds is 4. The fourth-order valence-electron chi connectivity index (χ4n) is 2.60. The number of benzene rings is 1. The zero-order valence-electron chi connectivity index (χ0n) is 14.5. The molecule has 6 nitrogen and oxygen atoms in total. The van der Waals surface area contributed by atoms with E-state index in [9.17, 15) is 4.79 Å². The van der Waals surface area contributed by atoms with Gasteiger partial charge >= 0.3 is 0 Å². The summed E-state index contributed by atoms with van der Waals surface area (Å²) >= 11 is 1.28. The molecule has 7 heteroatoms. The Morgan fingerprint density at radius 2 is 1.74 bits per heavy atom. The molecule has 1 N–H and O–H groups in total. The summed E-state index contributed by atoms with van der Waals surface area (Å²) in [6.07, 6.45) is 1.69. The van der Waals surface area contributed by atoms with Crippen LogP contribution >= 0.6 is 11.3 Å². The molecule has 132 valence electrons. The van der Waals surface area contributed by atoms with Crippen LogP contribution in [0.25, 0.3) is 22.0 Å². The van der Waals surface area contributed by atoms with Crippen LogP contribution in [0.5, 0.6) is 0 Å². The summed E-state index contributed by atoms with van der Waals surface area (Å²) in [4.78, 5) is 21.4. The van der Waals surface area contributed by atoms with Crippen molar-refractivity contribution in [2.45, 2.75) is 6.92 Å². The molecule has 0 unspecified atom stereocenters. The van der Waals surface area contributed by atoms with E-state index in [0.29, 0.717) is 21.4 Å². The van der Waals surface area contributed by atoms with Gasteiger partial charge in [0.1, 0.15) is 5.69 Å². The molecule has 3 aromatic heterocycles. The standard InChI is InChI=1S/C20H15N5OS/c1-13-15(10-11-16(22-13)14-7-3-2-4-8-14)18(26)23-20-25-24-19(27-20)17-9-5-6-12-21-17/h2-12H,1H3,(H,23,25,26). The molecule has 1 amide bonds. The number of nitrogens with zero attached hydrogens (tertiary/aromatic N) is 4. The first kappa shape index (κ1) is 17.0. The van der Waals surface area contributed by atoms with E-state index in [0.717, 1.165) is 17.0 Å². The summed E-state index contributed by atoms with van der Waals surface area (Å²) in [5.41, 5.74) is 3.72. The number of anilines is 1. The van der Waals surface area contributed by atoms with Crippen LogP contribution in [0.4, 0.5) is 5.13 Å². The van der Waals surface area contributed by atoms with E-state index in [1.165, 1.54) is 11.3 Å². The van der Waals surface area contributed by atoms with Crippen molar-refractivity contribution in [2.75, 3.05) is 5.32 Å². The van der Waals surface area contributed by atoms with Gasteiger partial charge in [0.15, 0.2) is 5.01 Å². The topological polar surface area (TPSA) is 80.7 Å². The molecule has 4 aromatic rings. The van der Waals surface area contributed by atoms with Gasteiger partial charge in [-0.1, -0.05) is 47.7 Å². The summed E-state index contributed by atoms with van der Waals surface area (Å²) in [6, 6.07) is 19.0. The lowest BCUT2D eigenvalue weighted by atomic mass is 10.1. The number of nitrogens with one attached hydrogen (secondary N) is 1. The lowest BCUT2D eigenvalue weighted by Crippen LogP contribution is -2.14. The number of amides is 1. The molecular formula is C20H15N5OS. The van der Waals surface area contributed by atoms with Gasteiger partial charge in [0.2, 0.25) is 5.13 Å². The maximum absolute atomic E-state index is 12.6. The second kappa shape index (κ2) is 7.43. The first-order valence-corrected chi connectivity index (χ1v) is 9.12. The summed E-state index contributed by atoms with van der Waals surface area (Å²) in [7, 11) is 0. The van der Waals surface area contributed by atoms with Gasteiger partial charge in [0.05, 0.1) is 17.0 Å². The van der Waals surface area contributed by atoms with Crippen LogP contribution in [0.2, 0.25) is 0 Å². The molecule has 27 heavy (non-hydrogen) atoms. The minimum atomic E-state index is -0.261. The number of aromatic nitrogens is 4. The van der Waals surface area contributed by atoms with Crippen molar-refractivity contribution < 1.29 is 4.79 Å². The molecule has 0 aliphatic rings. The highest BCUT2D eigenvalue weighted by molar-refractivity contribution is 7.18. The molecule has 4 rings (SSSR count). The van der Waals surface area contributed by atoms with E-state index in [1.807, 2.05) is 61.5 Å². The molecule has 1 aromatic carbocycles. The first-order valence-electron chi connectivity index (χ1n) is 8.30. The maximum Gasteiger partial charge on any atom is 0.259 e. The molecule has 0 saturated heterocycles. The third kappa shape index (κ3) is 3.73. The van der Waals surface area contributed by atoms with Gasteiger partial charge in [-0.15, -0.1) is 10.2 Å². The van der Waals surface area contributed by atoms with Crippen LogP contribution in [0.1, 0.15) is 16.1 Å². The van der Waals surface area contributed by atoms with E-state index in [-0.39, 0.29) is 5.91 Å². The van der Waals surface area contributed by atoms with Crippen LogP contribution in [-0.4, -0.2) is 26.1 Å². The monoisotopic (exact) mass is 373 g/mol. The second-order valence-corrected chi connectivity index (χ2v) is 6.75. The second-order valence-electron chi connectivity index (χ2n) is 5.78. The highest BCUT2D eigenvalue weighted by Crippen LogP contribution is 2.25. The molecule has 0 radical (unpaired) electrons. The quantitative estimate of drug-likeness (QED) is 0.579. The molecule has 0 aliphatic carbocycles. The van der Waals surface area contributed by atoms with E-state index < -0.39 is 0 Å². The van der Waals surface area contributed by atoms with E-state index in [1.54, 1.807) is 12.3 Å². The van der Waals surface area contributed by atoms with E-state index in [2.05, 4.69) is 25.5 Å². The summed E-state index contributed by atoms with van der Waals surface area (Å²) in [5.74, 6) is -0.261. The SMILES string of the molecule is Cc1nc(-c2ccccc2)ccc1C(=O)Nc1nnc(-c2ccccn2)s1. The number of carbonyl (C=O) groups is 1. The molecule has 0 atom stereocenters. The van der Waals surface area contributed by atoms with Crippen LogP contribution in [0, 0.1) is 6.92 Å². The van der Waals surface area contributed by atoms with Gasteiger partial charge in [-0.25, -0.2) is 0 Å². The predicted molar refractivity (Wildman–Crippen MR) is 106 cm³/mol. The van der Waals surface area contributed by atoms with E-state index >= 15 is 0 Å². The number of aryl methyl sites for hydroxylation is 1. The lowest BCUT2D eigenvalue weighted by Gasteiger charge is -2.07. The Bertz CT molecular complexity index is 1080. The van der Waals surface area contributed by atoms with Crippen LogP contribution in [0.3, 0.4) is 0 Å². The Labute approximate surface area is 160 Å². The highest BCUT2D eigenvalue weighted by atomic mass is 32.1. The summed E-state index contributed by atoms with van der Waals surface area (Å²) < 4.78 is 0. The Morgan fingerprint density at radius 3 is 2.48 bits per heavy atom. The number of carbonyl (C=O) groups excluding carboxylic acids is 1. The normalized spacial score (nSPS) is 10.6. The lowest BCUT2D eigenvalue weighted by molar-refractivity contribution is 0.102. The number of hydrogen-bond donors (Lipinski definition) is 1. The van der Waals surface area contributed by atoms with Crippen LogP contribution in [-0.2, 0) is 0 Å². The summed E-state index contributed by atoms with van der Waals surface area (Å²) in [6.45, 7) is 1.82. The van der Waals surface area contributed by atoms with Crippen LogP contribution in [0.15, 0.2) is 66.9 Å². The molecule has 0 saturated carbocycles. The molecule has 0 bridgehead atoms. The molecule has 3 heterocycles. The Balaban J connectivity index is 1.53. The Morgan fingerprint density at radius 1 is 0.926 bits per heavy atom. The molecule has 0 spiro atoms. The number of pyridine rings is 2. The third-order valence-electron chi connectivity index (χ3n) is 3.93. The smallest absolute Gasteiger partial charge is 0.259 e. The van der Waals surface area contributed by atoms with Crippen molar-refractivity contribution in [1.82, 2.24) is 20.2 Å². The van der Waals surface area contributed by atoms with Crippen molar-refractivity contribution in [3.05, 3.63) is 78.1 Å². The first-order chi connectivity index (χ1) is 13.2. The van der Waals surface area contributed by atoms with Gasteiger partial charge < -0.3 is 0 Å². The van der Waals surface area contributed by atoms with Gasteiger partial charge in [0, 0.05) is 11.8 Å². The van der Waals surface area contributed by atoms with Gasteiger partial charge in [-0.3, -0.25) is 20.1 Å². The minimum absolute atomic E-state index is 0.261. The largest absolute Gasteiger partial charge is 0.296 e. The average Bonchev–Trinajstić information content (AvgIpc) is 3.17. The Hall–Kier alpha value is -3.45. The van der Waals surface area contributed by atoms with E-state index in [4.69, 9.17) is 0 Å². The zero-order valence-corrected chi connectivity index (χ0v) is 15.3. The fourth-order valence-corrected chi connectivity index (χ4v) is 3.32. The van der Waals surface area contributed by atoms with Crippen molar-refractivity contribution in [3.63, 3.8) is 0 Å².